The van der Waals surface area contributed by atoms with Crippen LogP contribution in [0, 0.1) is 5.82 Å². The number of phenols is 1. The summed E-state index contributed by atoms with van der Waals surface area (Å²) >= 11 is 0. The molecule has 0 aliphatic rings. The van der Waals surface area contributed by atoms with E-state index in [-0.39, 0.29) is 6.04 Å². The van der Waals surface area contributed by atoms with Gasteiger partial charge in [0.05, 0.1) is 0 Å². The molecule has 20 heavy (non-hydrogen) atoms. The van der Waals surface area contributed by atoms with Gasteiger partial charge in [0.25, 0.3) is 0 Å². The number of hydrogen-bond donors (Lipinski definition) is 3. The second-order valence-corrected chi connectivity index (χ2v) is 5.59. The third kappa shape index (κ3) is 5.77. The summed E-state index contributed by atoms with van der Waals surface area (Å²) in [4.78, 5) is 11.5. The summed E-state index contributed by atoms with van der Waals surface area (Å²) in [6.45, 7) is 7.52. The predicted octanol–water partition coefficient (Wildman–Crippen LogP) is 2.86. The SMILES string of the molecule is CC(CNC(=O)OC(C)(C)C)Nc1ccc(O)c(F)c1. The summed E-state index contributed by atoms with van der Waals surface area (Å²) < 4.78 is 18.3. The van der Waals surface area contributed by atoms with E-state index in [1.54, 1.807) is 26.8 Å². The van der Waals surface area contributed by atoms with Crippen LogP contribution in [-0.4, -0.2) is 29.4 Å². The van der Waals surface area contributed by atoms with E-state index in [4.69, 9.17) is 9.84 Å². The van der Waals surface area contributed by atoms with E-state index in [9.17, 15) is 9.18 Å². The van der Waals surface area contributed by atoms with Gasteiger partial charge in [-0.15, -0.1) is 0 Å². The van der Waals surface area contributed by atoms with Crippen LogP contribution >= 0.6 is 0 Å². The first-order valence-electron chi connectivity index (χ1n) is 6.39. The Morgan fingerprint density at radius 1 is 1.45 bits per heavy atom. The van der Waals surface area contributed by atoms with E-state index < -0.39 is 23.3 Å². The Labute approximate surface area is 118 Å². The Kier molecular flexibility index (Phi) is 5.19. The molecule has 1 rings (SSSR count). The lowest BCUT2D eigenvalue weighted by Gasteiger charge is -2.21. The lowest BCUT2D eigenvalue weighted by atomic mass is 10.2. The van der Waals surface area contributed by atoms with Crippen molar-refractivity contribution in [3.63, 3.8) is 0 Å². The normalized spacial score (nSPS) is 12.7. The average Bonchev–Trinajstić information content (AvgIpc) is 2.29. The molecule has 0 fully saturated rings. The van der Waals surface area contributed by atoms with Gasteiger partial charge in [-0.25, -0.2) is 9.18 Å². The van der Waals surface area contributed by atoms with Gasteiger partial charge in [0.2, 0.25) is 0 Å². The highest BCUT2D eigenvalue weighted by atomic mass is 19.1. The zero-order chi connectivity index (χ0) is 15.3. The number of carbonyl (C=O) groups excluding carboxylic acids is 1. The highest BCUT2D eigenvalue weighted by molar-refractivity contribution is 5.67. The second-order valence-electron chi connectivity index (χ2n) is 5.59. The van der Waals surface area contributed by atoms with Crippen molar-refractivity contribution in [2.75, 3.05) is 11.9 Å². The van der Waals surface area contributed by atoms with Crippen molar-refractivity contribution in [3.8, 4) is 5.75 Å². The molecule has 1 amide bonds. The molecule has 0 radical (unpaired) electrons. The molecule has 1 unspecified atom stereocenters. The number of phenolic OH excluding ortho intramolecular Hbond substituents is 1. The molecule has 0 spiro atoms. The number of rotatable bonds is 4. The number of anilines is 1. The monoisotopic (exact) mass is 284 g/mol. The third-order valence-electron chi connectivity index (χ3n) is 2.31. The van der Waals surface area contributed by atoms with Crippen LogP contribution in [0.3, 0.4) is 0 Å². The lowest BCUT2D eigenvalue weighted by Crippen LogP contribution is -2.38. The van der Waals surface area contributed by atoms with Gasteiger partial charge >= 0.3 is 6.09 Å². The largest absolute Gasteiger partial charge is 0.505 e. The van der Waals surface area contributed by atoms with Crippen LogP contribution in [0.4, 0.5) is 14.9 Å². The molecule has 5 nitrogen and oxygen atoms in total. The van der Waals surface area contributed by atoms with E-state index >= 15 is 0 Å². The molecule has 0 saturated carbocycles. The molecule has 0 bridgehead atoms. The summed E-state index contributed by atoms with van der Waals surface area (Å²) in [5.41, 5.74) is -0.0142. The van der Waals surface area contributed by atoms with E-state index in [0.29, 0.717) is 12.2 Å². The average molecular weight is 284 g/mol. The maximum absolute atomic E-state index is 13.1. The van der Waals surface area contributed by atoms with Crippen molar-refractivity contribution in [2.24, 2.45) is 0 Å². The molecule has 3 N–H and O–H groups in total. The Morgan fingerprint density at radius 3 is 2.65 bits per heavy atom. The molecule has 1 atom stereocenters. The van der Waals surface area contributed by atoms with Gasteiger partial charge in [0.1, 0.15) is 5.60 Å². The molecule has 112 valence electrons. The lowest BCUT2D eigenvalue weighted by molar-refractivity contribution is 0.0526. The number of aromatic hydroxyl groups is 1. The summed E-state index contributed by atoms with van der Waals surface area (Å²) in [5, 5.41) is 14.7. The molecule has 1 aromatic rings. The van der Waals surface area contributed by atoms with Crippen LogP contribution in [0.15, 0.2) is 18.2 Å². The molecule has 0 saturated heterocycles. The standard InChI is InChI=1S/C14H21FN2O3/c1-9(8-16-13(19)20-14(2,3)4)17-10-5-6-12(18)11(15)7-10/h5-7,9,17-18H,8H2,1-4H3,(H,16,19). The van der Waals surface area contributed by atoms with Crippen molar-refractivity contribution in [1.29, 1.82) is 0 Å². The molecule has 6 heteroatoms. The van der Waals surface area contributed by atoms with Gasteiger partial charge in [-0.3, -0.25) is 0 Å². The first-order valence-corrected chi connectivity index (χ1v) is 6.39. The fourth-order valence-electron chi connectivity index (χ4n) is 1.48. The minimum Gasteiger partial charge on any atom is -0.505 e. The first-order chi connectivity index (χ1) is 9.17. The highest BCUT2D eigenvalue weighted by Crippen LogP contribution is 2.19. The van der Waals surface area contributed by atoms with Crippen molar-refractivity contribution < 1.29 is 19.0 Å². The number of nitrogens with one attached hydrogen (secondary N) is 2. The molecule has 0 aliphatic carbocycles. The summed E-state index contributed by atoms with van der Waals surface area (Å²) in [5.74, 6) is -1.09. The van der Waals surface area contributed by atoms with Crippen LogP contribution in [-0.2, 0) is 4.74 Å². The van der Waals surface area contributed by atoms with E-state index in [1.807, 2.05) is 6.92 Å². The fraction of sp³-hybridized carbons (Fsp3) is 0.500. The van der Waals surface area contributed by atoms with Crippen LogP contribution in [0.5, 0.6) is 5.75 Å². The van der Waals surface area contributed by atoms with E-state index in [1.165, 1.54) is 12.1 Å². The summed E-state index contributed by atoms with van der Waals surface area (Å²) in [6, 6.07) is 3.90. The topological polar surface area (TPSA) is 70.6 Å². The molecular formula is C14H21FN2O3. The fourth-order valence-corrected chi connectivity index (χ4v) is 1.48. The quantitative estimate of drug-likeness (QED) is 0.744. The molecule has 0 aromatic heterocycles. The van der Waals surface area contributed by atoms with E-state index in [0.717, 1.165) is 0 Å². The highest BCUT2D eigenvalue weighted by Gasteiger charge is 2.16. The van der Waals surface area contributed by atoms with Crippen LogP contribution in [0.2, 0.25) is 0 Å². The predicted molar refractivity (Wildman–Crippen MR) is 75.4 cm³/mol. The van der Waals surface area contributed by atoms with Crippen LogP contribution in [0.1, 0.15) is 27.7 Å². The number of hydrogen-bond acceptors (Lipinski definition) is 4. The molecule has 1 aromatic carbocycles. The number of ether oxygens (including phenoxy) is 1. The Hall–Kier alpha value is -1.98. The first kappa shape index (κ1) is 16.1. The van der Waals surface area contributed by atoms with Gasteiger partial charge in [-0.2, -0.15) is 0 Å². The molecule has 0 aliphatic heterocycles. The van der Waals surface area contributed by atoms with Gasteiger partial charge in [-0.1, -0.05) is 0 Å². The van der Waals surface area contributed by atoms with Crippen molar-refractivity contribution in [1.82, 2.24) is 5.32 Å². The number of carbonyl (C=O) groups is 1. The smallest absolute Gasteiger partial charge is 0.407 e. The second kappa shape index (κ2) is 6.45. The molecular weight excluding hydrogens is 263 g/mol. The van der Waals surface area contributed by atoms with Crippen molar-refractivity contribution >= 4 is 11.8 Å². The summed E-state index contributed by atoms with van der Waals surface area (Å²) in [7, 11) is 0. The van der Waals surface area contributed by atoms with Gasteiger partial charge in [0.15, 0.2) is 11.6 Å². The van der Waals surface area contributed by atoms with Gasteiger partial charge < -0.3 is 20.5 Å². The summed E-state index contributed by atoms with van der Waals surface area (Å²) in [6.07, 6.45) is -0.497. The maximum atomic E-state index is 13.1. The van der Waals surface area contributed by atoms with Gasteiger partial charge in [-0.05, 0) is 39.8 Å². The van der Waals surface area contributed by atoms with Crippen molar-refractivity contribution in [3.05, 3.63) is 24.0 Å². The molecule has 0 heterocycles. The van der Waals surface area contributed by atoms with E-state index in [2.05, 4.69) is 10.6 Å². The third-order valence-corrected chi connectivity index (χ3v) is 2.31. The number of amides is 1. The van der Waals surface area contributed by atoms with Crippen molar-refractivity contribution in [2.45, 2.75) is 39.3 Å². The maximum Gasteiger partial charge on any atom is 0.407 e. The van der Waals surface area contributed by atoms with Crippen LogP contribution < -0.4 is 10.6 Å². The zero-order valence-electron chi connectivity index (χ0n) is 12.2. The van der Waals surface area contributed by atoms with Gasteiger partial charge in [0, 0.05) is 24.3 Å². The Morgan fingerprint density at radius 2 is 2.10 bits per heavy atom. The number of alkyl carbamates (subject to hydrolysis) is 1. The Bertz CT molecular complexity index is 472. The minimum absolute atomic E-state index is 0.119. The zero-order valence-corrected chi connectivity index (χ0v) is 12.2. The minimum atomic E-state index is -0.692. The van der Waals surface area contributed by atoms with Crippen LogP contribution in [0.25, 0.3) is 0 Å². The number of halogens is 1. The Balaban J connectivity index is 2.42. The number of benzene rings is 1.